The largest absolute Gasteiger partial charge is 0.481 e. The number of alkyl carbamates (subject to hydrolysis) is 1. The SMILES string of the molecule is CC(C)(C)OC(=O)N1CCC(NC(=O)OCC2c3ccccc3-c3ccccc32)C(C(=O)O)C1. The number of aliphatic carboxylic acids is 1. The highest BCUT2D eigenvalue weighted by atomic mass is 16.6. The fourth-order valence-electron chi connectivity index (χ4n) is 4.66. The standard InChI is InChI=1S/C26H30N2O6/c1-26(2,3)34-25(32)28-13-12-22(20(14-28)23(29)30)27-24(31)33-15-21-18-10-6-4-8-16(18)17-9-5-7-11-19(17)21/h4-11,20-22H,12-15H2,1-3H3,(H,27,31)(H,29,30). The highest BCUT2D eigenvalue weighted by Crippen LogP contribution is 2.44. The molecule has 1 aliphatic heterocycles. The number of nitrogens with one attached hydrogen (secondary N) is 1. The van der Waals surface area contributed by atoms with Gasteiger partial charge < -0.3 is 24.8 Å². The molecule has 1 fully saturated rings. The minimum atomic E-state index is -1.09. The van der Waals surface area contributed by atoms with E-state index in [0.717, 1.165) is 22.3 Å². The third-order valence-electron chi connectivity index (χ3n) is 6.23. The second-order valence-electron chi connectivity index (χ2n) is 9.74. The second-order valence-corrected chi connectivity index (χ2v) is 9.74. The summed E-state index contributed by atoms with van der Waals surface area (Å²) in [5.41, 5.74) is 3.79. The quantitative estimate of drug-likeness (QED) is 0.699. The average molecular weight is 467 g/mol. The van der Waals surface area contributed by atoms with Crippen LogP contribution in [0, 0.1) is 5.92 Å². The van der Waals surface area contributed by atoms with E-state index in [1.807, 2.05) is 36.4 Å². The van der Waals surface area contributed by atoms with Crippen LogP contribution in [-0.4, -0.2) is 59.5 Å². The molecule has 1 aliphatic carbocycles. The minimum Gasteiger partial charge on any atom is -0.481 e. The van der Waals surface area contributed by atoms with E-state index in [0.29, 0.717) is 6.42 Å². The summed E-state index contributed by atoms with van der Waals surface area (Å²) < 4.78 is 10.9. The summed E-state index contributed by atoms with van der Waals surface area (Å²) in [5.74, 6) is -2.12. The van der Waals surface area contributed by atoms with Crippen molar-refractivity contribution in [2.75, 3.05) is 19.7 Å². The molecule has 34 heavy (non-hydrogen) atoms. The Morgan fingerprint density at radius 1 is 1.03 bits per heavy atom. The molecule has 8 nitrogen and oxygen atoms in total. The molecular weight excluding hydrogens is 436 g/mol. The van der Waals surface area contributed by atoms with Crippen molar-refractivity contribution in [3.05, 3.63) is 59.7 Å². The number of benzene rings is 2. The second kappa shape index (κ2) is 9.37. The Morgan fingerprint density at radius 3 is 2.18 bits per heavy atom. The van der Waals surface area contributed by atoms with Crippen LogP contribution < -0.4 is 5.32 Å². The Morgan fingerprint density at radius 2 is 1.62 bits per heavy atom. The van der Waals surface area contributed by atoms with Gasteiger partial charge in [0.1, 0.15) is 12.2 Å². The Balaban J connectivity index is 1.38. The van der Waals surface area contributed by atoms with Crippen molar-refractivity contribution in [3.8, 4) is 11.1 Å². The van der Waals surface area contributed by atoms with Crippen LogP contribution in [0.5, 0.6) is 0 Å². The van der Waals surface area contributed by atoms with Crippen LogP contribution in [0.15, 0.2) is 48.5 Å². The molecule has 1 saturated heterocycles. The molecule has 2 aromatic carbocycles. The summed E-state index contributed by atoms with van der Waals surface area (Å²) in [4.78, 5) is 38.2. The van der Waals surface area contributed by atoms with Gasteiger partial charge in [0.15, 0.2) is 0 Å². The van der Waals surface area contributed by atoms with Crippen molar-refractivity contribution >= 4 is 18.2 Å². The number of rotatable bonds is 4. The Labute approximate surface area is 198 Å². The van der Waals surface area contributed by atoms with Gasteiger partial charge in [0.2, 0.25) is 0 Å². The number of amides is 2. The van der Waals surface area contributed by atoms with Gasteiger partial charge in [0, 0.05) is 25.0 Å². The van der Waals surface area contributed by atoms with Gasteiger partial charge in [-0.3, -0.25) is 4.79 Å². The van der Waals surface area contributed by atoms with Crippen LogP contribution in [0.4, 0.5) is 9.59 Å². The molecule has 0 saturated carbocycles. The molecule has 0 bridgehead atoms. The Hall–Kier alpha value is -3.55. The van der Waals surface area contributed by atoms with E-state index >= 15 is 0 Å². The van der Waals surface area contributed by atoms with Crippen LogP contribution in [0.1, 0.15) is 44.2 Å². The van der Waals surface area contributed by atoms with E-state index < -0.39 is 35.7 Å². The molecule has 2 N–H and O–H groups in total. The molecule has 2 unspecified atom stereocenters. The highest BCUT2D eigenvalue weighted by molar-refractivity contribution is 5.79. The maximum absolute atomic E-state index is 12.6. The fraction of sp³-hybridized carbons (Fsp3) is 0.423. The lowest BCUT2D eigenvalue weighted by Crippen LogP contribution is -2.55. The summed E-state index contributed by atoms with van der Waals surface area (Å²) in [6.45, 7) is 5.65. The number of nitrogens with zero attached hydrogens (tertiary/aromatic N) is 1. The van der Waals surface area contributed by atoms with E-state index in [-0.39, 0.29) is 25.6 Å². The Bertz CT molecular complexity index is 1050. The first kappa shape index (κ1) is 23.6. The number of likely N-dealkylation sites (tertiary alicyclic amines) is 1. The van der Waals surface area contributed by atoms with Gasteiger partial charge >= 0.3 is 18.2 Å². The van der Waals surface area contributed by atoms with E-state index in [9.17, 15) is 19.5 Å². The molecular formula is C26H30N2O6. The van der Waals surface area contributed by atoms with Crippen molar-refractivity contribution < 1.29 is 29.0 Å². The number of carbonyl (C=O) groups excluding carboxylic acids is 2. The first-order valence-corrected chi connectivity index (χ1v) is 11.5. The molecule has 8 heteroatoms. The maximum atomic E-state index is 12.6. The fourth-order valence-corrected chi connectivity index (χ4v) is 4.66. The van der Waals surface area contributed by atoms with Gasteiger partial charge in [0.25, 0.3) is 0 Å². The molecule has 180 valence electrons. The van der Waals surface area contributed by atoms with Gasteiger partial charge in [-0.15, -0.1) is 0 Å². The van der Waals surface area contributed by atoms with E-state index in [1.54, 1.807) is 20.8 Å². The lowest BCUT2D eigenvalue weighted by atomic mass is 9.92. The van der Waals surface area contributed by atoms with Crippen LogP contribution in [-0.2, 0) is 14.3 Å². The number of piperidine rings is 1. The van der Waals surface area contributed by atoms with Gasteiger partial charge in [-0.2, -0.15) is 0 Å². The topological polar surface area (TPSA) is 105 Å². The van der Waals surface area contributed by atoms with Crippen LogP contribution in [0.25, 0.3) is 11.1 Å². The normalized spacial score (nSPS) is 19.7. The molecule has 4 rings (SSSR count). The summed E-state index contributed by atoms with van der Waals surface area (Å²) in [6.07, 6.45) is -0.928. The van der Waals surface area contributed by atoms with Gasteiger partial charge in [0.05, 0.1) is 5.92 Å². The molecule has 0 aromatic heterocycles. The van der Waals surface area contributed by atoms with E-state index in [2.05, 4.69) is 17.4 Å². The number of fused-ring (bicyclic) bond motifs is 3. The van der Waals surface area contributed by atoms with Crippen LogP contribution >= 0.6 is 0 Å². The van der Waals surface area contributed by atoms with Crippen molar-refractivity contribution in [3.63, 3.8) is 0 Å². The van der Waals surface area contributed by atoms with Gasteiger partial charge in [-0.05, 0) is 49.4 Å². The third-order valence-corrected chi connectivity index (χ3v) is 6.23. The average Bonchev–Trinajstić information content (AvgIpc) is 3.10. The first-order chi connectivity index (χ1) is 16.1. The molecule has 2 amide bonds. The number of carboxylic acid groups (broad SMARTS) is 1. The first-order valence-electron chi connectivity index (χ1n) is 11.5. The third kappa shape index (κ3) is 5.00. The number of hydrogen-bond donors (Lipinski definition) is 2. The molecule has 2 atom stereocenters. The zero-order chi connectivity index (χ0) is 24.5. The molecule has 2 aliphatic rings. The van der Waals surface area contributed by atoms with Crippen molar-refractivity contribution in [2.24, 2.45) is 5.92 Å². The van der Waals surface area contributed by atoms with Gasteiger partial charge in [-0.1, -0.05) is 48.5 Å². The molecule has 0 radical (unpaired) electrons. The summed E-state index contributed by atoms with van der Waals surface area (Å²) in [6, 6.07) is 15.5. The maximum Gasteiger partial charge on any atom is 0.410 e. The number of carbonyl (C=O) groups is 3. The van der Waals surface area contributed by atoms with Gasteiger partial charge in [-0.25, -0.2) is 9.59 Å². The smallest absolute Gasteiger partial charge is 0.410 e. The molecule has 2 aromatic rings. The minimum absolute atomic E-state index is 0.0431. The summed E-state index contributed by atoms with van der Waals surface area (Å²) in [7, 11) is 0. The van der Waals surface area contributed by atoms with E-state index in [1.165, 1.54) is 4.90 Å². The monoisotopic (exact) mass is 466 g/mol. The highest BCUT2D eigenvalue weighted by Gasteiger charge is 2.39. The lowest BCUT2D eigenvalue weighted by Gasteiger charge is -2.37. The Kier molecular flexibility index (Phi) is 6.50. The molecule has 0 spiro atoms. The van der Waals surface area contributed by atoms with Crippen LogP contribution in [0.3, 0.4) is 0 Å². The van der Waals surface area contributed by atoms with Crippen LogP contribution in [0.2, 0.25) is 0 Å². The number of carboxylic acids is 1. The number of hydrogen-bond acceptors (Lipinski definition) is 5. The predicted molar refractivity (Wildman–Crippen MR) is 126 cm³/mol. The zero-order valence-electron chi connectivity index (χ0n) is 19.6. The lowest BCUT2D eigenvalue weighted by molar-refractivity contribution is -0.144. The van der Waals surface area contributed by atoms with E-state index in [4.69, 9.17) is 9.47 Å². The summed E-state index contributed by atoms with van der Waals surface area (Å²) >= 11 is 0. The van der Waals surface area contributed by atoms with Crippen molar-refractivity contribution in [2.45, 2.75) is 44.8 Å². The molecule has 1 heterocycles. The number of ether oxygens (including phenoxy) is 2. The predicted octanol–water partition coefficient (Wildman–Crippen LogP) is 4.24. The zero-order valence-corrected chi connectivity index (χ0v) is 19.6. The van der Waals surface area contributed by atoms with Crippen molar-refractivity contribution in [1.82, 2.24) is 10.2 Å². The van der Waals surface area contributed by atoms with Crippen molar-refractivity contribution in [1.29, 1.82) is 0 Å². The summed E-state index contributed by atoms with van der Waals surface area (Å²) in [5, 5.41) is 12.4.